The molecule has 0 atom stereocenters. The van der Waals surface area contributed by atoms with E-state index < -0.39 is 0 Å². The lowest BCUT2D eigenvalue weighted by atomic mass is 9.95. The Kier molecular flexibility index (Phi) is 5.94. The van der Waals surface area contributed by atoms with Crippen LogP contribution in [0.2, 0.25) is 0 Å². The quantitative estimate of drug-likeness (QED) is 0.588. The molecular weight excluding hydrogens is 382 g/mol. The van der Waals surface area contributed by atoms with Gasteiger partial charge >= 0.3 is 0 Å². The first kappa shape index (κ1) is 21.2. The predicted molar refractivity (Wildman–Crippen MR) is 119 cm³/mol. The maximum atomic E-state index is 13.0. The molecule has 0 N–H and O–H groups in total. The Morgan fingerprint density at radius 3 is 2.38 bits per heavy atom. The zero-order valence-corrected chi connectivity index (χ0v) is 19.1. The van der Waals surface area contributed by atoms with Crippen molar-refractivity contribution in [3.8, 4) is 5.75 Å². The second-order valence-corrected chi connectivity index (χ2v) is 9.51. The Morgan fingerprint density at radius 2 is 1.76 bits per heavy atom. The first-order valence-corrected chi connectivity index (χ1v) is 10.6. The molecule has 0 bridgehead atoms. The number of benzene rings is 1. The number of aromatic nitrogens is 2. The highest BCUT2D eigenvalue weighted by Gasteiger charge is 2.24. The van der Waals surface area contributed by atoms with Gasteiger partial charge in [-0.1, -0.05) is 38.5 Å². The minimum atomic E-state index is -0.134. The first-order chi connectivity index (χ1) is 13.6. The van der Waals surface area contributed by atoms with E-state index in [1.54, 1.807) is 4.90 Å². The van der Waals surface area contributed by atoms with Crippen LogP contribution in [0.15, 0.2) is 24.3 Å². The fourth-order valence-corrected chi connectivity index (χ4v) is 4.31. The third-order valence-electron chi connectivity index (χ3n) is 4.90. The molecule has 5 nitrogen and oxygen atoms in total. The van der Waals surface area contributed by atoms with Crippen LogP contribution in [0.1, 0.15) is 53.1 Å². The van der Waals surface area contributed by atoms with Crippen molar-refractivity contribution in [2.75, 3.05) is 20.2 Å². The lowest BCUT2D eigenvalue weighted by molar-refractivity contribution is 0.0778. The number of aryl methyl sites for hydroxylation is 3. The van der Waals surface area contributed by atoms with Crippen molar-refractivity contribution in [2.45, 2.75) is 47.0 Å². The molecule has 3 rings (SSSR count). The molecule has 0 saturated heterocycles. The molecule has 3 aromatic rings. The molecule has 1 amide bonds. The summed E-state index contributed by atoms with van der Waals surface area (Å²) in [6.45, 7) is 13.3. The normalized spacial score (nSPS) is 11.7. The van der Waals surface area contributed by atoms with Crippen LogP contribution < -0.4 is 4.74 Å². The number of fused-ring (bicyclic) bond motifs is 1. The van der Waals surface area contributed by atoms with E-state index in [9.17, 15) is 4.79 Å². The predicted octanol–water partition coefficient (Wildman–Crippen LogP) is 5.07. The smallest absolute Gasteiger partial charge is 0.264 e. The zero-order valence-electron chi connectivity index (χ0n) is 18.3. The number of carbonyl (C=O) groups excluding carboxylic acids is 1. The van der Waals surface area contributed by atoms with Crippen molar-refractivity contribution < 1.29 is 9.53 Å². The molecule has 0 fully saturated rings. The third kappa shape index (κ3) is 4.58. The van der Waals surface area contributed by atoms with Gasteiger partial charge in [0.1, 0.15) is 23.0 Å². The van der Waals surface area contributed by atoms with Gasteiger partial charge in [0.15, 0.2) is 0 Å². The van der Waals surface area contributed by atoms with Crippen LogP contribution in [0.4, 0.5) is 0 Å². The molecular formula is C23H29N3O2S. The number of carbonyl (C=O) groups is 1. The summed E-state index contributed by atoms with van der Waals surface area (Å²) in [7, 11) is 1.81. The monoisotopic (exact) mass is 411 g/mol. The molecule has 0 saturated carbocycles. The van der Waals surface area contributed by atoms with E-state index >= 15 is 0 Å². The third-order valence-corrected chi connectivity index (χ3v) is 6.07. The number of hydrogen-bond donors (Lipinski definition) is 0. The Balaban J connectivity index is 1.76. The summed E-state index contributed by atoms with van der Waals surface area (Å²) in [6.07, 6.45) is 0. The molecule has 0 spiro atoms. The van der Waals surface area contributed by atoms with Crippen LogP contribution in [-0.2, 0) is 5.41 Å². The molecule has 2 heterocycles. The van der Waals surface area contributed by atoms with Gasteiger partial charge in [0.2, 0.25) is 0 Å². The SMILES string of the molecule is Cc1ccc(OCCN(C)C(=O)c2sc3nc(C(C)(C)C)nc(C)c3c2C)cc1. The first-order valence-electron chi connectivity index (χ1n) is 9.81. The van der Waals surface area contributed by atoms with Crippen LogP contribution in [0.3, 0.4) is 0 Å². The standard InChI is InChI=1S/C23H29N3O2S/c1-14-8-10-17(11-9-14)28-13-12-26(7)21(27)19-15(2)18-16(3)24-22(23(4,5)6)25-20(18)29-19/h8-11H,12-13H2,1-7H3. The molecule has 1 aromatic carbocycles. The van der Waals surface area contributed by atoms with E-state index in [4.69, 9.17) is 14.7 Å². The van der Waals surface area contributed by atoms with E-state index in [-0.39, 0.29) is 11.3 Å². The van der Waals surface area contributed by atoms with Gasteiger partial charge in [0.25, 0.3) is 5.91 Å². The number of ether oxygens (including phenoxy) is 1. The van der Waals surface area contributed by atoms with E-state index in [1.165, 1.54) is 16.9 Å². The zero-order chi connectivity index (χ0) is 21.3. The van der Waals surface area contributed by atoms with Gasteiger partial charge in [-0.3, -0.25) is 4.79 Å². The number of thiophene rings is 1. The van der Waals surface area contributed by atoms with Crippen molar-refractivity contribution >= 4 is 27.5 Å². The summed E-state index contributed by atoms with van der Waals surface area (Å²) in [5, 5.41) is 0.996. The summed E-state index contributed by atoms with van der Waals surface area (Å²) in [4.78, 5) is 25.8. The average molecular weight is 412 g/mol. The second kappa shape index (κ2) is 8.11. The number of nitrogens with zero attached hydrogens (tertiary/aromatic N) is 3. The van der Waals surface area contributed by atoms with E-state index in [0.29, 0.717) is 13.2 Å². The summed E-state index contributed by atoms with van der Waals surface area (Å²) in [5.41, 5.74) is 2.95. The number of amides is 1. The minimum Gasteiger partial charge on any atom is -0.492 e. The van der Waals surface area contributed by atoms with Gasteiger partial charge < -0.3 is 9.64 Å². The number of hydrogen-bond acceptors (Lipinski definition) is 5. The van der Waals surface area contributed by atoms with Gasteiger partial charge in [-0.25, -0.2) is 9.97 Å². The Labute approximate surface area is 176 Å². The molecule has 0 unspecified atom stereocenters. The van der Waals surface area contributed by atoms with Gasteiger partial charge in [-0.05, 0) is 38.5 Å². The molecule has 0 aliphatic carbocycles. The number of rotatable bonds is 5. The molecule has 0 radical (unpaired) electrons. The second-order valence-electron chi connectivity index (χ2n) is 8.51. The maximum Gasteiger partial charge on any atom is 0.264 e. The highest BCUT2D eigenvalue weighted by atomic mass is 32.1. The van der Waals surface area contributed by atoms with Gasteiger partial charge in [0.05, 0.1) is 17.1 Å². The summed E-state index contributed by atoms with van der Waals surface area (Å²) in [6, 6.07) is 7.92. The van der Waals surface area contributed by atoms with Crippen LogP contribution >= 0.6 is 11.3 Å². The Hall–Kier alpha value is -2.47. The van der Waals surface area contributed by atoms with Crippen LogP contribution in [0.5, 0.6) is 5.75 Å². The molecule has 154 valence electrons. The van der Waals surface area contributed by atoms with E-state index in [0.717, 1.165) is 37.9 Å². The van der Waals surface area contributed by atoms with E-state index in [1.807, 2.05) is 52.1 Å². The number of likely N-dealkylation sites (N-methyl/N-ethyl adjacent to an activating group) is 1. The van der Waals surface area contributed by atoms with Gasteiger partial charge in [0, 0.05) is 17.8 Å². The van der Waals surface area contributed by atoms with Crippen molar-refractivity contribution in [3.05, 3.63) is 51.8 Å². The summed E-state index contributed by atoms with van der Waals surface area (Å²) < 4.78 is 5.77. The highest BCUT2D eigenvalue weighted by Crippen LogP contribution is 2.33. The van der Waals surface area contributed by atoms with Crippen molar-refractivity contribution in [1.29, 1.82) is 0 Å². The lowest BCUT2D eigenvalue weighted by Crippen LogP contribution is -2.30. The minimum absolute atomic E-state index is 0.00489. The van der Waals surface area contributed by atoms with Crippen molar-refractivity contribution in [3.63, 3.8) is 0 Å². The molecule has 29 heavy (non-hydrogen) atoms. The fraction of sp³-hybridized carbons (Fsp3) is 0.435. The van der Waals surface area contributed by atoms with Gasteiger partial charge in [-0.15, -0.1) is 11.3 Å². The largest absolute Gasteiger partial charge is 0.492 e. The average Bonchev–Trinajstić information content (AvgIpc) is 2.99. The van der Waals surface area contributed by atoms with Gasteiger partial charge in [-0.2, -0.15) is 0 Å². The lowest BCUT2D eigenvalue weighted by Gasteiger charge is -2.17. The van der Waals surface area contributed by atoms with Crippen molar-refractivity contribution in [1.82, 2.24) is 14.9 Å². The maximum absolute atomic E-state index is 13.0. The fourth-order valence-electron chi connectivity index (χ4n) is 3.09. The molecule has 0 aliphatic heterocycles. The van der Waals surface area contributed by atoms with Crippen LogP contribution in [0, 0.1) is 20.8 Å². The van der Waals surface area contributed by atoms with Crippen LogP contribution in [-0.4, -0.2) is 41.0 Å². The molecule has 6 heteroatoms. The van der Waals surface area contributed by atoms with E-state index in [2.05, 4.69) is 20.8 Å². The van der Waals surface area contributed by atoms with Crippen molar-refractivity contribution in [2.24, 2.45) is 0 Å². The Morgan fingerprint density at radius 1 is 1.10 bits per heavy atom. The summed E-state index contributed by atoms with van der Waals surface area (Å²) >= 11 is 1.45. The molecule has 2 aromatic heterocycles. The molecule has 0 aliphatic rings. The summed E-state index contributed by atoms with van der Waals surface area (Å²) in [5.74, 6) is 1.62. The topological polar surface area (TPSA) is 55.3 Å². The Bertz CT molecular complexity index is 1030. The van der Waals surface area contributed by atoms with Crippen LogP contribution in [0.25, 0.3) is 10.2 Å². The highest BCUT2D eigenvalue weighted by molar-refractivity contribution is 7.20.